The zero-order valence-electron chi connectivity index (χ0n) is 14.4. The van der Waals surface area contributed by atoms with Gasteiger partial charge in [-0.05, 0) is 30.4 Å². The molecule has 0 atom stereocenters. The minimum Gasteiger partial charge on any atom is -0.507 e. The molecule has 26 heavy (non-hydrogen) atoms. The number of hydrazone groups is 1. The number of nitrogens with one attached hydrogen (secondary N) is 2. The number of carbonyl (C=O) groups is 2. The summed E-state index contributed by atoms with van der Waals surface area (Å²) in [4.78, 5) is 22.6. The van der Waals surface area contributed by atoms with Crippen LogP contribution in [-0.4, -0.2) is 28.3 Å². The Morgan fingerprint density at radius 1 is 0.923 bits per heavy atom. The Labute approximate surface area is 151 Å². The summed E-state index contributed by atoms with van der Waals surface area (Å²) >= 11 is 0. The van der Waals surface area contributed by atoms with Crippen molar-refractivity contribution in [3.05, 3.63) is 42.0 Å². The molecule has 0 heterocycles. The van der Waals surface area contributed by atoms with Crippen molar-refractivity contribution in [3.8, 4) is 5.75 Å². The average molecular weight is 357 g/mol. The van der Waals surface area contributed by atoms with Crippen molar-refractivity contribution >= 4 is 28.8 Å². The predicted octanol–water partition coefficient (Wildman–Crippen LogP) is 2.84. The first kappa shape index (κ1) is 19.4. The highest BCUT2D eigenvalue weighted by Crippen LogP contribution is 2.26. The molecule has 0 radical (unpaired) electrons. The smallest absolute Gasteiger partial charge is 0.243 e. The van der Waals surface area contributed by atoms with Gasteiger partial charge in [0, 0.05) is 23.8 Å². The van der Waals surface area contributed by atoms with Gasteiger partial charge in [0.05, 0.1) is 6.21 Å². The molecule has 2 rings (SSSR count). The number of fused-ring (bicyclic) bond motifs is 1. The molecule has 138 valence electrons. The van der Waals surface area contributed by atoms with Gasteiger partial charge >= 0.3 is 0 Å². The van der Waals surface area contributed by atoms with Crippen LogP contribution in [-0.2, 0) is 9.59 Å². The third kappa shape index (κ3) is 5.86. The van der Waals surface area contributed by atoms with Crippen LogP contribution in [0.4, 0.5) is 0 Å². The Bertz CT molecular complexity index is 789. The van der Waals surface area contributed by atoms with Crippen molar-refractivity contribution in [2.75, 3.05) is 0 Å². The first-order chi connectivity index (χ1) is 12.6. The lowest BCUT2D eigenvalue weighted by molar-refractivity contribution is -0.129. The van der Waals surface area contributed by atoms with Crippen LogP contribution in [0, 0.1) is 0 Å². The van der Waals surface area contributed by atoms with E-state index in [0.29, 0.717) is 19.3 Å². The maximum Gasteiger partial charge on any atom is 0.243 e. The van der Waals surface area contributed by atoms with Gasteiger partial charge in [0.25, 0.3) is 0 Å². The van der Waals surface area contributed by atoms with Crippen LogP contribution in [0.1, 0.15) is 44.1 Å². The van der Waals surface area contributed by atoms with Crippen molar-refractivity contribution in [3.63, 3.8) is 0 Å². The van der Waals surface area contributed by atoms with E-state index < -0.39 is 0 Å². The molecule has 0 unspecified atom stereocenters. The van der Waals surface area contributed by atoms with Crippen LogP contribution in [0.5, 0.6) is 5.75 Å². The molecule has 2 amide bonds. The molecule has 0 saturated carbocycles. The molecule has 2 aromatic carbocycles. The van der Waals surface area contributed by atoms with Gasteiger partial charge in [0.1, 0.15) is 5.75 Å². The Morgan fingerprint density at radius 3 is 2.27 bits per heavy atom. The van der Waals surface area contributed by atoms with Crippen LogP contribution in [0.15, 0.2) is 41.5 Å². The highest BCUT2D eigenvalue weighted by molar-refractivity contribution is 6.02. The van der Waals surface area contributed by atoms with Gasteiger partial charge in [0.15, 0.2) is 0 Å². The number of unbranched alkanes of at least 4 members (excludes halogenated alkanes) is 3. The second kappa shape index (κ2) is 10.1. The number of hydroxylamine groups is 1. The first-order valence-corrected chi connectivity index (χ1v) is 8.57. The monoisotopic (exact) mass is 357 g/mol. The van der Waals surface area contributed by atoms with Crippen LogP contribution < -0.4 is 10.9 Å². The lowest BCUT2D eigenvalue weighted by Gasteiger charge is -2.04. The molecule has 0 aliphatic carbocycles. The van der Waals surface area contributed by atoms with E-state index in [1.165, 1.54) is 0 Å². The predicted molar refractivity (Wildman–Crippen MR) is 99.0 cm³/mol. The second-order valence-electron chi connectivity index (χ2n) is 5.96. The van der Waals surface area contributed by atoms with E-state index in [9.17, 15) is 14.7 Å². The molecular formula is C19H23N3O4. The van der Waals surface area contributed by atoms with E-state index >= 15 is 0 Å². The molecule has 0 aliphatic rings. The highest BCUT2D eigenvalue weighted by atomic mass is 16.5. The summed E-state index contributed by atoms with van der Waals surface area (Å²) in [6.45, 7) is 0. The van der Waals surface area contributed by atoms with E-state index in [1.807, 2.05) is 24.3 Å². The topological polar surface area (TPSA) is 111 Å². The molecule has 0 aliphatic heterocycles. The van der Waals surface area contributed by atoms with Gasteiger partial charge in [-0.2, -0.15) is 5.10 Å². The molecule has 2 aromatic rings. The normalized spacial score (nSPS) is 11.0. The van der Waals surface area contributed by atoms with Gasteiger partial charge in [-0.15, -0.1) is 0 Å². The van der Waals surface area contributed by atoms with Crippen molar-refractivity contribution in [1.82, 2.24) is 10.9 Å². The van der Waals surface area contributed by atoms with Crippen LogP contribution in [0.3, 0.4) is 0 Å². The maximum absolute atomic E-state index is 11.8. The summed E-state index contributed by atoms with van der Waals surface area (Å²) in [5.74, 6) is -0.352. The van der Waals surface area contributed by atoms with Crippen LogP contribution in [0.2, 0.25) is 0 Å². The first-order valence-electron chi connectivity index (χ1n) is 8.57. The van der Waals surface area contributed by atoms with E-state index in [4.69, 9.17) is 5.21 Å². The SMILES string of the molecule is O=C(CCCCCCC(=O)N/N=C\c1ccc(O)c2ccccc12)NO. The minimum absolute atomic E-state index is 0.169. The molecule has 4 N–H and O–H groups in total. The largest absolute Gasteiger partial charge is 0.507 e. The molecule has 0 aromatic heterocycles. The van der Waals surface area contributed by atoms with E-state index in [2.05, 4.69) is 10.5 Å². The minimum atomic E-state index is -0.390. The standard InChI is InChI=1S/C19H23N3O4/c23-17-12-11-14(15-7-5-6-8-16(15)17)13-20-21-18(24)9-3-1-2-4-10-19(25)22-26/h5-8,11-13,23,26H,1-4,9-10H2,(H,21,24)(H,22,25)/b20-13-. The van der Waals surface area contributed by atoms with Crippen molar-refractivity contribution < 1.29 is 19.9 Å². The Hall–Kier alpha value is -2.93. The van der Waals surface area contributed by atoms with Crippen molar-refractivity contribution in [2.45, 2.75) is 38.5 Å². The number of amides is 2. The number of rotatable bonds is 9. The fourth-order valence-electron chi connectivity index (χ4n) is 2.63. The quantitative estimate of drug-likeness (QED) is 0.239. The number of hydrogen-bond donors (Lipinski definition) is 4. The second-order valence-corrected chi connectivity index (χ2v) is 5.96. The fourth-order valence-corrected chi connectivity index (χ4v) is 2.63. The number of phenolic OH excluding ortho intramolecular Hbond substituents is 1. The molecule has 7 heteroatoms. The molecule has 0 fully saturated rings. The van der Waals surface area contributed by atoms with Crippen molar-refractivity contribution in [2.24, 2.45) is 5.10 Å². The van der Waals surface area contributed by atoms with Crippen LogP contribution >= 0.6 is 0 Å². The maximum atomic E-state index is 11.8. The van der Waals surface area contributed by atoms with E-state index in [1.54, 1.807) is 23.8 Å². The third-order valence-corrected chi connectivity index (χ3v) is 4.01. The summed E-state index contributed by atoms with van der Waals surface area (Å²) in [5, 5.41) is 23.8. The van der Waals surface area contributed by atoms with Gasteiger partial charge in [-0.25, -0.2) is 10.9 Å². The van der Waals surface area contributed by atoms with Crippen molar-refractivity contribution in [1.29, 1.82) is 0 Å². The Balaban J connectivity index is 1.74. The Kier molecular flexibility index (Phi) is 7.57. The number of hydrogen-bond acceptors (Lipinski definition) is 5. The lowest BCUT2D eigenvalue weighted by Crippen LogP contribution is -2.18. The van der Waals surface area contributed by atoms with Crippen LogP contribution in [0.25, 0.3) is 10.8 Å². The molecule has 0 spiro atoms. The Morgan fingerprint density at radius 2 is 1.58 bits per heavy atom. The zero-order chi connectivity index (χ0) is 18.8. The molecule has 0 saturated heterocycles. The summed E-state index contributed by atoms with van der Waals surface area (Å²) in [5.41, 5.74) is 4.90. The number of aromatic hydroxyl groups is 1. The highest BCUT2D eigenvalue weighted by Gasteiger charge is 2.04. The zero-order valence-corrected chi connectivity index (χ0v) is 14.4. The number of nitrogens with zero attached hydrogens (tertiary/aromatic N) is 1. The molecule has 0 bridgehead atoms. The average Bonchev–Trinajstić information content (AvgIpc) is 2.66. The molecular weight excluding hydrogens is 334 g/mol. The lowest BCUT2D eigenvalue weighted by atomic mass is 10.0. The third-order valence-electron chi connectivity index (χ3n) is 4.01. The number of benzene rings is 2. The van der Waals surface area contributed by atoms with Gasteiger partial charge in [0.2, 0.25) is 11.8 Å². The van der Waals surface area contributed by atoms with Gasteiger partial charge in [-0.1, -0.05) is 37.1 Å². The summed E-state index contributed by atoms with van der Waals surface area (Å²) < 4.78 is 0. The van der Waals surface area contributed by atoms with E-state index in [-0.39, 0.29) is 24.0 Å². The summed E-state index contributed by atoms with van der Waals surface area (Å²) in [6.07, 6.45) is 5.26. The number of phenols is 1. The summed E-state index contributed by atoms with van der Waals surface area (Å²) in [6, 6.07) is 10.8. The van der Waals surface area contributed by atoms with Gasteiger partial charge < -0.3 is 5.11 Å². The van der Waals surface area contributed by atoms with E-state index in [0.717, 1.165) is 29.2 Å². The van der Waals surface area contributed by atoms with Gasteiger partial charge in [-0.3, -0.25) is 14.8 Å². The molecule has 7 nitrogen and oxygen atoms in total. The summed E-state index contributed by atoms with van der Waals surface area (Å²) in [7, 11) is 0. The number of carbonyl (C=O) groups excluding carboxylic acids is 2. The fraction of sp³-hybridized carbons (Fsp3) is 0.316.